The monoisotopic (exact) mass is 347 g/mol. The zero-order chi connectivity index (χ0) is 18.8. The predicted molar refractivity (Wildman–Crippen MR) is 104 cm³/mol. The van der Waals surface area contributed by atoms with Gasteiger partial charge in [-0.15, -0.1) is 0 Å². The molecule has 0 radical (unpaired) electrons. The third-order valence-corrected chi connectivity index (χ3v) is 4.84. The summed E-state index contributed by atoms with van der Waals surface area (Å²) in [6.07, 6.45) is 5.59. The highest BCUT2D eigenvalue weighted by atomic mass is 16.5. The Morgan fingerprint density at radius 2 is 1.80 bits per heavy atom. The molecule has 0 saturated heterocycles. The average molecular weight is 348 g/mol. The van der Waals surface area contributed by atoms with E-state index in [4.69, 9.17) is 4.52 Å². The Bertz CT molecular complexity index is 589. The van der Waals surface area contributed by atoms with Crippen LogP contribution in [0.3, 0.4) is 0 Å². The predicted octanol–water partition coefficient (Wildman–Crippen LogP) is 5.20. The van der Waals surface area contributed by atoms with E-state index in [9.17, 15) is 0 Å². The molecule has 1 aliphatic heterocycles. The molecule has 0 saturated carbocycles. The van der Waals surface area contributed by atoms with E-state index < -0.39 is 0 Å². The lowest BCUT2D eigenvalue weighted by Gasteiger charge is -2.42. The molecule has 1 aromatic rings. The number of nitrogens with zero attached hydrogens (tertiary/aromatic N) is 3. The van der Waals surface area contributed by atoms with Crippen LogP contribution in [0.4, 0.5) is 0 Å². The van der Waals surface area contributed by atoms with Gasteiger partial charge in [0.15, 0.2) is 0 Å². The first kappa shape index (κ1) is 20.0. The zero-order valence-electron chi connectivity index (χ0n) is 17.5. The summed E-state index contributed by atoms with van der Waals surface area (Å²) in [5.74, 6) is 0.992. The quantitative estimate of drug-likeness (QED) is 0.708. The molecule has 0 spiro atoms. The first-order valence-corrected chi connectivity index (χ1v) is 9.71. The second-order valence-electron chi connectivity index (χ2n) is 9.47. The third-order valence-electron chi connectivity index (χ3n) is 4.84. The normalized spacial score (nSPS) is 19.6. The van der Waals surface area contributed by atoms with Crippen LogP contribution in [0.25, 0.3) is 0 Å². The van der Waals surface area contributed by atoms with E-state index in [1.54, 1.807) is 5.57 Å². The van der Waals surface area contributed by atoms with E-state index in [0.717, 1.165) is 43.8 Å². The molecular weight excluding hydrogens is 310 g/mol. The highest BCUT2D eigenvalue weighted by Gasteiger charge is 2.43. The van der Waals surface area contributed by atoms with Gasteiger partial charge >= 0.3 is 0 Å². The molecule has 0 aliphatic carbocycles. The van der Waals surface area contributed by atoms with Crippen molar-refractivity contribution >= 4 is 0 Å². The van der Waals surface area contributed by atoms with Gasteiger partial charge in [-0.25, -0.2) is 5.01 Å². The molecule has 2 rings (SSSR count). The van der Waals surface area contributed by atoms with Crippen LogP contribution in [0.1, 0.15) is 72.8 Å². The average Bonchev–Trinajstić information content (AvgIpc) is 3.03. The summed E-state index contributed by atoms with van der Waals surface area (Å²) < 4.78 is 5.36. The van der Waals surface area contributed by atoms with Crippen molar-refractivity contribution in [2.75, 3.05) is 13.1 Å². The highest BCUT2D eigenvalue weighted by Crippen LogP contribution is 2.43. The van der Waals surface area contributed by atoms with Crippen molar-refractivity contribution in [1.82, 2.24) is 15.2 Å². The van der Waals surface area contributed by atoms with Crippen LogP contribution in [0.5, 0.6) is 0 Å². The first-order valence-electron chi connectivity index (χ1n) is 9.71. The van der Waals surface area contributed by atoms with Crippen LogP contribution in [-0.4, -0.2) is 34.3 Å². The van der Waals surface area contributed by atoms with Crippen LogP contribution < -0.4 is 0 Å². The zero-order valence-corrected chi connectivity index (χ0v) is 17.5. The number of aryl methyl sites for hydroxylation is 2. The molecule has 4 heteroatoms. The fourth-order valence-corrected chi connectivity index (χ4v) is 3.76. The van der Waals surface area contributed by atoms with Crippen molar-refractivity contribution in [2.45, 2.75) is 80.7 Å². The van der Waals surface area contributed by atoms with Gasteiger partial charge in [0.2, 0.25) is 0 Å². The highest BCUT2D eigenvalue weighted by molar-refractivity contribution is 5.24. The molecular formula is C21H37N3O. The van der Waals surface area contributed by atoms with Crippen molar-refractivity contribution in [3.8, 4) is 0 Å². The summed E-state index contributed by atoms with van der Waals surface area (Å²) in [6.45, 7) is 20.5. The molecule has 0 N–H and O–H groups in total. The van der Waals surface area contributed by atoms with Crippen LogP contribution in [0.2, 0.25) is 0 Å². The van der Waals surface area contributed by atoms with Crippen LogP contribution in [0, 0.1) is 17.8 Å². The Hall–Kier alpha value is -1.29. The molecule has 142 valence electrons. The molecule has 1 aliphatic rings. The Kier molecular flexibility index (Phi) is 6.03. The van der Waals surface area contributed by atoms with Crippen LogP contribution in [-0.2, 0) is 6.42 Å². The lowest BCUT2D eigenvalue weighted by molar-refractivity contribution is -0.0252. The number of hydrogen-bond acceptors (Lipinski definition) is 4. The van der Waals surface area contributed by atoms with Gasteiger partial charge in [-0.1, -0.05) is 53.6 Å². The number of rotatable bonds is 6. The molecule has 1 unspecified atom stereocenters. The summed E-state index contributed by atoms with van der Waals surface area (Å²) in [4.78, 5) is 0. The fourth-order valence-electron chi connectivity index (χ4n) is 3.76. The molecule has 0 amide bonds. The van der Waals surface area contributed by atoms with Crippen molar-refractivity contribution in [2.24, 2.45) is 10.8 Å². The van der Waals surface area contributed by atoms with Gasteiger partial charge in [-0.3, -0.25) is 0 Å². The lowest BCUT2D eigenvalue weighted by Crippen LogP contribution is -2.49. The van der Waals surface area contributed by atoms with E-state index in [1.165, 1.54) is 0 Å². The molecule has 1 aromatic heterocycles. The first-order chi connectivity index (χ1) is 11.5. The van der Waals surface area contributed by atoms with Crippen molar-refractivity contribution in [3.63, 3.8) is 0 Å². The Labute approximate surface area is 154 Å². The number of hydrogen-bond donors (Lipinski definition) is 0. The van der Waals surface area contributed by atoms with Gasteiger partial charge in [-0.2, -0.15) is 0 Å². The maximum atomic E-state index is 5.36. The van der Waals surface area contributed by atoms with E-state index in [1.807, 2.05) is 13.0 Å². The van der Waals surface area contributed by atoms with Gasteiger partial charge in [0, 0.05) is 31.8 Å². The summed E-state index contributed by atoms with van der Waals surface area (Å²) in [7, 11) is 0. The summed E-state index contributed by atoms with van der Waals surface area (Å²) in [5, 5.41) is 9.04. The van der Waals surface area contributed by atoms with Crippen LogP contribution in [0.15, 0.2) is 22.4 Å². The topological polar surface area (TPSA) is 32.5 Å². The van der Waals surface area contributed by atoms with E-state index >= 15 is 0 Å². The van der Waals surface area contributed by atoms with Gasteiger partial charge in [-0.05, 0) is 36.2 Å². The Balaban J connectivity index is 2.14. The molecule has 25 heavy (non-hydrogen) atoms. The fraction of sp³-hybridized carbons (Fsp3) is 0.762. The van der Waals surface area contributed by atoms with E-state index in [-0.39, 0.29) is 10.8 Å². The van der Waals surface area contributed by atoms with Gasteiger partial charge in [0.25, 0.3) is 0 Å². The number of hydrazine groups is 1. The maximum absolute atomic E-state index is 5.36. The van der Waals surface area contributed by atoms with Gasteiger partial charge < -0.3 is 9.53 Å². The second-order valence-corrected chi connectivity index (χ2v) is 9.47. The maximum Gasteiger partial charge on any atom is 0.137 e. The van der Waals surface area contributed by atoms with E-state index in [0.29, 0.717) is 6.04 Å². The molecule has 4 nitrogen and oxygen atoms in total. The summed E-state index contributed by atoms with van der Waals surface area (Å²) >= 11 is 0. The van der Waals surface area contributed by atoms with Crippen molar-refractivity contribution < 1.29 is 4.52 Å². The van der Waals surface area contributed by atoms with Gasteiger partial charge in [0.1, 0.15) is 5.76 Å². The minimum atomic E-state index is 0.181. The smallest absolute Gasteiger partial charge is 0.137 e. The molecule has 0 fully saturated rings. The summed E-state index contributed by atoms with van der Waals surface area (Å²) in [5.41, 5.74) is 2.90. The third kappa shape index (κ3) is 4.87. The minimum Gasteiger partial charge on any atom is -0.361 e. The Morgan fingerprint density at radius 1 is 1.12 bits per heavy atom. The number of aromatic nitrogens is 1. The van der Waals surface area contributed by atoms with Crippen LogP contribution >= 0.6 is 0 Å². The minimum absolute atomic E-state index is 0.181. The Morgan fingerprint density at radius 3 is 2.28 bits per heavy atom. The van der Waals surface area contributed by atoms with Crippen molar-refractivity contribution in [3.05, 3.63) is 29.3 Å². The molecule has 2 heterocycles. The van der Waals surface area contributed by atoms with E-state index in [2.05, 4.69) is 69.8 Å². The molecule has 0 bridgehead atoms. The van der Waals surface area contributed by atoms with Crippen molar-refractivity contribution in [1.29, 1.82) is 0 Å². The second kappa shape index (κ2) is 7.53. The standard InChI is InChI=1S/C21H37N3O/c1-9-12-24-19(21(6,7)8)18(20(3,4)5)15-23(24)13-10-11-17-14-16(2)22-25-17/h14-15,19H,9-13H2,1-8H3. The lowest BCUT2D eigenvalue weighted by atomic mass is 9.73. The molecule has 0 aromatic carbocycles. The SMILES string of the molecule is CCCN1C(C(C)(C)C)C(C(C)(C)C)=CN1CCCc1cc(C)no1. The summed E-state index contributed by atoms with van der Waals surface area (Å²) in [6, 6.07) is 2.50. The van der Waals surface area contributed by atoms with Gasteiger partial charge in [0.05, 0.1) is 11.7 Å². The largest absolute Gasteiger partial charge is 0.361 e. The molecule has 1 atom stereocenters.